The molecule has 0 aromatic heterocycles. The first-order valence-corrected chi connectivity index (χ1v) is 31.3. The molecule has 0 amide bonds. The Bertz CT molecular complexity index is 960. The van der Waals surface area contributed by atoms with Crippen molar-refractivity contribution < 1.29 is 17.7 Å². The van der Waals surface area contributed by atoms with Gasteiger partial charge in [0.1, 0.15) is 0 Å². The van der Waals surface area contributed by atoms with Crippen LogP contribution in [-0.2, 0) is 17.7 Å². The van der Waals surface area contributed by atoms with E-state index in [4.69, 9.17) is 0 Å². The molecule has 0 N–H and O–H groups in total. The molecule has 2 aliphatic rings. The van der Waals surface area contributed by atoms with Crippen molar-refractivity contribution in [3.05, 3.63) is 81.9 Å². The van der Waals surface area contributed by atoms with Crippen molar-refractivity contribution in [3.8, 4) is 0 Å². The van der Waals surface area contributed by atoms with Gasteiger partial charge in [-0.15, -0.1) is 0 Å². The van der Waals surface area contributed by atoms with Gasteiger partial charge in [-0.2, -0.15) is 0 Å². The molecule has 147 valence electrons. The number of rotatable bonds is 3. The van der Waals surface area contributed by atoms with Crippen molar-refractivity contribution in [1.29, 1.82) is 0 Å². The monoisotopic (exact) mass is 555 g/mol. The Hall–Kier alpha value is -0.993. The molecule has 2 aliphatic carbocycles. The van der Waals surface area contributed by atoms with Crippen LogP contribution in [0.25, 0.3) is 11.1 Å². The Morgan fingerprint density at radius 1 is 0.643 bits per heavy atom. The summed E-state index contributed by atoms with van der Waals surface area (Å²) in [6, 6.07) is 18.6. The summed E-state index contributed by atoms with van der Waals surface area (Å²) in [5.74, 6) is -0.920. The molecule has 2 unspecified atom stereocenters. The second-order valence-corrected chi connectivity index (χ2v) is 64.0. The number of benzene rings is 2. The van der Waals surface area contributed by atoms with Crippen LogP contribution in [0.5, 0.6) is 0 Å². The summed E-state index contributed by atoms with van der Waals surface area (Å²) in [5, 5.41) is 0. The van der Waals surface area contributed by atoms with Gasteiger partial charge in [0.05, 0.1) is 0 Å². The Morgan fingerprint density at radius 3 is 1.36 bits per heavy atom. The van der Waals surface area contributed by atoms with Crippen LogP contribution in [-0.4, -0.2) is 5.98 Å². The zero-order valence-electron chi connectivity index (χ0n) is 18.9. The Balaban J connectivity index is 2.05. The Labute approximate surface area is 173 Å². The molecular weight excluding hydrogens is 519 g/mol. The molecule has 0 saturated carbocycles. The average molecular weight is 554 g/mol. The average Bonchev–Trinajstić information content (AvgIpc) is 3.08. The van der Waals surface area contributed by atoms with Gasteiger partial charge in [-0.05, 0) is 0 Å². The van der Waals surface area contributed by atoms with Gasteiger partial charge >= 0.3 is 174 Å². The Kier molecular flexibility index (Phi) is 4.71. The van der Waals surface area contributed by atoms with Gasteiger partial charge in [-0.3, -0.25) is 0 Å². The molecule has 2 aromatic rings. The molecule has 0 nitrogen and oxygen atoms in total. The van der Waals surface area contributed by atoms with E-state index in [0.29, 0.717) is 7.35 Å². The van der Waals surface area contributed by atoms with E-state index < -0.39 is 23.7 Å². The fourth-order valence-corrected chi connectivity index (χ4v) is 50.8. The first-order valence-electron chi connectivity index (χ1n) is 10.8. The molecule has 0 bridgehead atoms. The van der Waals surface area contributed by atoms with Gasteiger partial charge in [0.15, 0.2) is 0 Å². The fraction of sp³-hybridized carbons (Fsp3) is 0.385. The van der Waals surface area contributed by atoms with Gasteiger partial charge in [0.2, 0.25) is 0 Å². The van der Waals surface area contributed by atoms with Gasteiger partial charge in [-0.25, -0.2) is 0 Å². The maximum atomic E-state index is 2.85. The summed E-state index contributed by atoms with van der Waals surface area (Å²) in [6.07, 6.45) is 0. The molecule has 0 fully saturated rings. The number of fused-ring (bicyclic) bond motifs is 2. The van der Waals surface area contributed by atoms with E-state index in [0.717, 1.165) is 0 Å². The standard InChI is InChI=1S/2C11H11.C2H7Si.2CH3.Hf/c2*1-8-7-10-5-3-4-6-11(10)9(8)2;1-3-2;;;/h2*3-7H,1-2H3;3H,1-2H3;2*1H3;. The normalized spacial score (nSPS) is 23.1. The van der Waals surface area contributed by atoms with Gasteiger partial charge in [0, 0.05) is 0 Å². The predicted octanol–water partition coefficient (Wildman–Crippen LogP) is 7.85. The number of hydrogen-bond donors (Lipinski definition) is 0. The van der Waals surface area contributed by atoms with Crippen molar-refractivity contribution in [1.82, 2.24) is 0 Å². The molecule has 2 aromatic carbocycles. The molecule has 0 radical (unpaired) electrons. The number of hydrogen-bond acceptors (Lipinski definition) is 0. The van der Waals surface area contributed by atoms with Crippen LogP contribution in [0.1, 0.15) is 57.3 Å². The third kappa shape index (κ3) is 2.43. The molecule has 0 aliphatic heterocycles. The van der Waals surface area contributed by atoms with Crippen LogP contribution in [0.3, 0.4) is 0 Å². The second kappa shape index (κ2) is 6.50. The molecule has 2 heteroatoms. The van der Waals surface area contributed by atoms with Gasteiger partial charge in [0.25, 0.3) is 0 Å². The molecule has 28 heavy (non-hydrogen) atoms. The molecule has 0 saturated heterocycles. The summed E-state index contributed by atoms with van der Waals surface area (Å²) >= 11 is -3.48. The van der Waals surface area contributed by atoms with E-state index in [-0.39, 0.29) is 0 Å². The summed E-state index contributed by atoms with van der Waals surface area (Å²) < 4.78 is 7.08. The van der Waals surface area contributed by atoms with Crippen LogP contribution in [0.2, 0.25) is 22.5 Å². The van der Waals surface area contributed by atoms with E-state index >= 15 is 0 Å². The minimum absolute atomic E-state index is 0.693. The van der Waals surface area contributed by atoms with E-state index in [9.17, 15) is 0 Å². The Morgan fingerprint density at radius 2 is 1.00 bits per heavy atom. The summed E-state index contributed by atoms with van der Waals surface area (Å²) in [4.78, 5) is 0. The zero-order valence-corrected chi connectivity index (χ0v) is 23.6. The van der Waals surface area contributed by atoms with Crippen LogP contribution in [0, 0.1) is 0 Å². The SMILES string of the molecule is CC1=C(C)[CH]([Hf]([CH3])([CH3])([CH]2C(C)=C(C)c3ccccc32)[SiH](C)C)c2ccccc21. The van der Waals surface area contributed by atoms with Crippen LogP contribution < -0.4 is 0 Å². The molecule has 0 heterocycles. The maximum absolute atomic E-state index is 3.48. The predicted molar refractivity (Wildman–Crippen MR) is 126 cm³/mol. The van der Waals surface area contributed by atoms with E-state index in [1.807, 2.05) is 0 Å². The summed E-state index contributed by atoms with van der Waals surface area (Å²) in [6.45, 7) is 15.0. The van der Waals surface area contributed by atoms with Gasteiger partial charge in [-0.1, -0.05) is 0 Å². The molecule has 4 rings (SSSR count). The van der Waals surface area contributed by atoms with E-state index in [2.05, 4.69) is 98.7 Å². The van der Waals surface area contributed by atoms with Crippen LogP contribution >= 0.6 is 0 Å². The number of allylic oxidation sites excluding steroid dienone is 4. The first kappa shape index (κ1) is 20.3. The third-order valence-corrected chi connectivity index (χ3v) is 75.8. The summed E-state index contributed by atoms with van der Waals surface area (Å²) in [5.41, 5.74) is 12.8. The third-order valence-electron chi connectivity index (χ3n) is 9.04. The summed E-state index contributed by atoms with van der Waals surface area (Å²) in [7, 11) is 0. The second-order valence-electron chi connectivity index (χ2n) is 10.5. The quantitative estimate of drug-likeness (QED) is 0.339. The zero-order chi connectivity index (χ0) is 20.5. The topological polar surface area (TPSA) is 0 Å². The first-order chi connectivity index (χ1) is 13.1. The van der Waals surface area contributed by atoms with E-state index in [1.165, 1.54) is 11.1 Å². The molecular formula is C26H35HfSi. The van der Waals surface area contributed by atoms with Crippen LogP contribution in [0.15, 0.2) is 59.7 Å². The van der Waals surface area contributed by atoms with E-state index in [1.54, 1.807) is 33.4 Å². The molecule has 0 spiro atoms. The molecule has 2 atom stereocenters. The fourth-order valence-electron chi connectivity index (χ4n) is 6.69. The van der Waals surface area contributed by atoms with Crippen molar-refractivity contribution in [2.45, 2.75) is 57.5 Å². The van der Waals surface area contributed by atoms with Crippen molar-refractivity contribution in [2.75, 3.05) is 0 Å². The van der Waals surface area contributed by atoms with Crippen molar-refractivity contribution >= 4 is 17.1 Å². The van der Waals surface area contributed by atoms with Crippen molar-refractivity contribution in [2.24, 2.45) is 0 Å². The van der Waals surface area contributed by atoms with Crippen molar-refractivity contribution in [3.63, 3.8) is 0 Å². The minimum atomic E-state index is -3.48. The van der Waals surface area contributed by atoms with Crippen LogP contribution in [0.4, 0.5) is 0 Å². The van der Waals surface area contributed by atoms with Gasteiger partial charge < -0.3 is 0 Å².